The molecule has 4 heteroatoms. The lowest BCUT2D eigenvalue weighted by Gasteiger charge is -2.39. The summed E-state index contributed by atoms with van der Waals surface area (Å²) in [5, 5.41) is 4.17. The standard InChI is InChI=1S/C11H18BrN3/c1-11(2)5-4-8(12)6-9(11)10-13-7-14-15(10)3/h7-9H,4-6H2,1-3H3. The van der Waals surface area contributed by atoms with E-state index in [1.807, 2.05) is 11.7 Å². The Hall–Kier alpha value is -0.380. The highest BCUT2D eigenvalue weighted by molar-refractivity contribution is 9.09. The van der Waals surface area contributed by atoms with Crippen molar-refractivity contribution in [3.8, 4) is 0 Å². The minimum absolute atomic E-state index is 0.338. The third kappa shape index (κ3) is 2.10. The number of nitrogens with zero attached hydrogens (tertiary/aromatic N) is 3. The fourth-order valence-corrected chi connectivity index (χ4v) is 3.07. The molecule has 0 saturated heterocycles. The first-order chi connectivity index (χ1) is 7.00. The Morgan fingerprint density at radius 3 is 2.87 bits per heavy atom. The summed E-state index contributed by atoms with van der Waals surface area (Å²) in [6.07, 6.45) is 5.34. The Morgan fingerprint density at radius 1 is 1.53 bits per heavy atom. The van der Waals surface area contributed by atoms with E-state index in [4.69, 9.17) is 0 Å². The summed E-state index contributed by atoms with van der Waals surface area (Å²) in [7, 11) is 1.98. The van der Waals surface area contributed by atoms with Crippen LogP contribution in [0.4, 0.5) is 0 Å². The van der Waals surface area contributed by atoms with Gasteiger partial charge in [0.2, 0.25) is 0 Å². The Kier molecular flexibility index (Phi) is 2.88. The van der Waals surface area contributed by atoms with Crippen molar-refractivity contribution in [2.45, 2.75) is 43.9 Å². The maximum absolute atomic E-state index is 4.40. The van der Waals surface area contributed by atoms with Gasteiger partial charge in [-0.3, -0.25) is 4.68 Å². The number of halogens is 1. The summed E-state index contributed by atoms with van der Waals surface area (Å²) in [5.41, 5.74) is 0.338. The van der Waals surface area contributed by atoms with E-state index in [9.17, 15) is 0 Å². The van der Waals surface area contributed by atoms with Gasteiger partial charge >= 0.3 is 0 Å². The van der Waals surface area contributed by atoms with E-state index in [1.165, 1.54) is 19.3 Å². The summed E-state index contributed by atoms with van der Waals surface area (Å²) in [6, 6.07) is 0. The molecule has 3 nitrogen and oxygen atoms in total. The van der Waals surface area contributed by atoms with Gasteiger partial charge in [-0.15, -0.1) is 0 Å². The van der Waals surface area contributed by atoms with E-state index >= 15 is 0 Å². The van der Waals surface area contributed by atoms with Gasteiger partial charge in [-0.2, -0.15) is 5.10 Å². The molecule has 1 aromatic rings. The Balaban J connectivity index is 2.29. The first kappa shape index (κ1) is 11.1. The highest BCUT2D eigenvalue weighted by Gasteiger charge is 2.38. The molecule has 0 spiro atoms. The number of aromatic nitrogens is 3. The average molecular weight is 272 g/mol. The lowest BCUT2D eigenvalue weighted by atomic mass is 9.68. The normalized spacial score (nSPS) is 30.4. The van der Waals surface area contributed by atoms with Gasteiger partial charge in [0.15, 0.2) is 0 Å². The molecule has 0 aliphatic heterocycles. The molecule has 1 fully saturated rings. The molecule has 1 saturated carbocycles. The predicted molar refractivity (Wildman–Crippen MR) is 64.1 cm³/mol. The summed E-state index contributed by atoms with van der Waals surface area (Å²) in [5.74, 6) is 1.65. The Morgan fingerprint density at radius 2 is 2.27 bits per heavy atom. The minimum atomic E-state index is 0.338. The van der Waals surface area contributed by atoms with Gasteiger partial charge in [0.05, 0.1) is 0 Å². The molecule has 84 valence electrons. The molecule has 1 aliphatic rings. The topological polar surface area (TPSA) is 30.7 Å². The van der Waals surface area contributed by atoms with Crippen LogP contribution in [-0.2, 0) is 7.05 Å². The van der Waals surface area contributed by atoms with Crippen LogP contribution in [0, 0.1) is 5.41 Å². The Labute approximate surface area is 99.4 Å². The van der Waals surface area contributed by atoms with Gasteiger partial charge in [0.1, 0.15) is 12.2 Å². The minimum Gasteiger partial charge on any atom is -0.253 e. The monoisotopic (exact) mass is 271 g/mol. The van der Waals surface area contributed by atoms with Crippen LogP contribution in [-0.4, -0.2) is 19.6 Å². The Bertz CT molecular complexity index is 345. The average Bonchev–Trinajstić information content (AvgIpc) is 2.56. The molecule has 0 N–H and O–H groups in total. The van der Waals surface area contributed by atoms with Gasteiger partial charge in [-0.05, 0) is 24.7 Å². The third-order valence-electron chi connectivity index (χ3n) is 3.59. The number of hydrogen-bond donors (Lipinski definition) is 0. The second-order valence-electron chi connectivity index (χ2n) is 5.15. The molecule has 15 heavy (non-hydrogen) atoms. The molecular formula is C11H18BrN3. The van der Waals surface area contributed by atoms with Gasteiger partial charge in [-0.1, -0.05) is 29.8 Å². The molecule has 2 rings (SSSR count). The smallest absolute Gasteiger partial charge is 0.138 e. The van der Waals surface area contributed by atoms with E-state index in [0.29, 0.717) is 16.2 Å². The zero-order valence-corrected chi connectivity index (χ0v) is 11.2. The molecule has 0 amide bonds. The molecular weight excluding hydrogens is 254 g/mol. The van der Waals surface area contributed by atoms with Crippen molar-refractivity contribution in [2.75, 3.05) is 0 Å². The summed E-state index contributed by atoms with van der Waals surface area (Å²) in [6.45, 7) is 4.68. The summed E-state index contributed by atoms with van der Waals surface area (Å²) < 4.78 is 1.91. The molecule has 2 unspecified atom stereocenters. The van der Waals surface area contributed by atoms with E-state index < -0.39 is 0 Å². The van der Waals surface area contributed by atoms with Crippen molar-refractivity contribution in [1.29, 1.82) is 0 Å². The van der Waals surface area contributed by atoms with Crippen LogP contribution >= 0.6 is 15.9 Å². The SMILES string of the molecule is Cn1ncnc1C1CC(Br)CCC1(C)C. The van der Waals surface area contributed by atoms with Crippen LogP contribution in [0.5, 0.6) is 0 Å². The van der Waals surface area contributed by atoms with Crippen molar-refractivity contribution in [3.63, 3.8) is 0 Å². The van der Waals surface area contributed by atoms with E-state index in [-0.39, 0.29) is 0 Å². The van der Waals surface area contributed by atoms with Crippen LogP contribution in [0.25, 0.3) is 0 Å². The van der Waals surface area contributed by atoms with Gasteiger partial charge in [0.25, 0.3) is 0 Å². The number of aryl methyl sites for hydroxylation is 1. The number of rotatable bonds is 1. The van der Waals surface area contributed by atoms with Crippen molar-refractivity contribution < 1.29 is 0 Å². The van der Waals surface area contributed by atoms with Gasteiger partial charge < -0.3 is 0 Å². The second kappa shape index (κ2) is 3.89. The highest BCUT2D eigenvalue weighted by Crippen LogP contribution is 2.47. The van der Waals surface area contributed by atoms with Gasteiger partial charge in [-0.25, -0.2) is 4.98 Å². The largest absolute Gasteiger partial charge is 0.253 e. The fraction of sp³-hybridized carbons (Fsp3) is 0.818. The zero-order valence-electron chi connectivity index (χ0n) is 9.57. The molecule has 1 aromatic heterocycles. The van der Waals surface area contributed by atoms with Crippen molar-refractivity contribution in [3.05, 3.63) is 12.2 Å². The molecule has 1 aliphatic carbocycles. The first-order valence-electron chi connectivity index (χ1n) is 5.48. The molecule has 0 radical (unpaired) electrons. The zero-order chi connectivity index (χ0) is 11.1. The molecule has 1 heterocycles. The van der Waals surface area contributed by atoms with Crippen LogP contribution in [0.1, 0.15) is 44.9 Å². The fourth-order valence-electron chi connectivity index (χ4n) is 2.47. The quantitative estimate of drug-likeness (QED) is 0.736. The lowest BCUT2D eigenvalue weighted by Crippen LogP contribution is -2.32. The number of hydrogen-bond acceptors (Lipinski definition) is 2. The van der Waals surface area contributed by atoms with E-state index in [2.05, 4.69) is 39.9 Å². The molecule has 0 aromatic carbocycles. The van der Waals surface area contributed by atoms with Gasteiger partial charge in [0, 0.05) is 17.8 Å². The van der Waals surface area contributed by atoms with E-state index in [1.54, 1.807) is 6.33 Å². The van der Waals surface area contributed by atoms with Crippen molar-refractivity contribution in [1.82, 2.24) is 14.8 Å². The second-order valence-corrected chi connectivity index (χ2v) is 6.45. The van der Waals surface area contributed by atoms with Crippen LogP contribution < -0.4 is 0 Å². The number of alkyl halides is 1. The molecule has 2 atom stereocenters. The first-order valence-corrected chi connectivity index (χ1v) is 6.40. The highest BCUT2D eigenvalue weighted by atomic mass is 79.9. The summed E-state index contributed by atoms with van der Waals surface area (Å²) in [4.78, 5) is 5.03. The van der Waals surface area contributed by atoms with Crippen LogP contribution in [0.2, 0.25) is 0 Å². The van der Waals surface area contributed by atoms with Crippen LogP contribution in [0.3, 0.4) is 0 Å². The maximum Gasteiger partial charge on any atom is 0.138 e. The van der Waals surface area contributed by atoms with E-state index in [0.717, 1.165) is 5.82 Å². The maximum atomic E-state index is 4.40. The predicted octanol–water partition coefficient (Wildman–Crippen LogP) is 2.87. The lowest BCUT2D eigenvalue weighted by molar-refractivity contribution is 0.194. The van der Waals surface area contributed by atoms with Crippen molar-refractivity contribution >= 4 is 15.9 Å². The molecule has 0 bridgehead atoms. The van der Waals surface area contributed by atoms with Crippen molar-refractivity contribution in [2.24, 2.45) is 12.5 Å². The third-order valence-corrected chi connectivity index (χ3v) is 4.43. The van der Waals surface area contributed by atoms with Crippen LogP contribution in [0.15, 0.2) is 6.33 Å². The summed E-state index contributed by atoms with van der Waals surface area (Å²) >= 11 is 3.73.